The highest BCUT2D eigenvalue weighted by molar-refractivity contribution is 7.92. The lowest BCUT2D eigenvalue weighted by Crippen LogP contribution is -2.41. The van der Waals surface area contributed by atoms with E-state index in [1.54, 1.807) is 26.8 Å². The Morgan fingerprint density at radius 2 is 1.69 bits per heavy atom. The molecule has 0 saturated heterocycles. The maximum atomic E-state index is 13.3. The van der Waals surface area contributed by atoms with Gasteiger partial charge >= 0.3 is 12.1 Å². The highest BCUT2D eigenvalue weighted by Gasteiger charge is 2.34. The lowest BCUT2D eigenvalue weighted by Gasteiger charge is -2.26. The van der Waals surface area contributed by atoms with Crippen molar-refractivity contribution in [3.05, 3.63) is 59.1 Å². The maximum Gasteiger partial charge on any atom is 0.416 e. The number of halogens is 4. The minimum absolute atomic E-state index is 0.0169. The number of anilines is 1. The number of sulfonamides is 1. The van der Waals surface area contributed by atoms with Gasteiger partial charge in [0.15, 0.2) is 0 Å². The zero-order valence-electron chi connectivity index (χ0n) is 19.4. The van der Waals surface area contributed by atoms with Crippen molar-refractivity contribution in [2.24, 2.45) is 0 Å². The van der Waals surface area contributed by atoms with E-state index < -0.39 is 51.5 Å². The second-order valence-electron chi connectivity index (χ2n) is 8.53. The summed E-state index contributed by atoms with van der Waals surface area (Å²) >= 11 is 6.08. The van der Waals surface area contributed by atoms with Crippen molar-refractivity contribution in [1.29, 1.82) is 0 Å². The summed E-state index contributed by atoms with van der Waals surface area (Å²) in [4.78, 5) is 24.1. The molecule has 0 fully saturated rings. The first-order chi connectivity index (χ1) is 16.1. The third-order valence-electron chi connectivity index (χ3n) is 4.46. The minimum atomic E-state index is -4.76. The van der Waals surface area contributed by atoms with Crippen LogP contribution in [0.5, 0.6) is 0 Å². The van der Waals surface area contributed by atoms with E-state index in [0.717, 1.165) is 12.1 Å². The van der Waals surface area contributed by atoms with Crippen molar-refractivity contribution in [2.75, 3.05) is 17.4 Å². The fourth-order valence-corrected chi connectivity index (χ4v) is 4.66. The predicted molar refractivity (Wildman–Crippen MR) is 126 cm³/mol. The molecule has 0 spiro atoms. The lowest BCUT2D eigenvalue weighted by atomic mass is 10.2. The van der Waals surface area contributed by atoms with Crippen LogP contribution >= 0.6 is 11.6 Å². The van der Waals surface area contributed by atoms with Crippen molar-refractivity contribution in [1.82, 2.24) is 5.32 Å². The van der Waals surface area contributed by atoms with E-state index in [1.807, 2.05) is 0 Å². The topological polar surface area (TPSA) is 92.8 Å². The third kappa shape index (κ3) is 8.43. The van der Waals surface area contributed by atoms with Gasteiger partial charge in [-0.3, -0.25) is 13.9 Å². The number of carbonyl (C=O) groups excluding carboxylic acids is 2. The van der Waals surface area contributed by atoms with Crippen molar-refractivity contribution < 1.29 is 35.9 Å². The Morgan fingerprint density at radius 3 is 2.26 bits per heavy atom. The minimum Gasteiger partial charge on any atom is -0.460 e. The summed E-state index contributed by atoms with van der Waals surface area (Å²) in [6.45, 7) is 4.34. The van der Waals surface area contributed by atoms with Crippen LogP contribution in [0.25, 0.3) is 0 Å². The molecule has 35 heavy (non-hydrogen) atoms. The van der Waals surface area contributed by atoms with Crippen molar-refractivity contribution in [3.63, 3.8) is 0 Å². The Bertz CT molecular complexity index is 1150. The number of benzene rings is 2. The summed E-state index contributed by atoms with van der Waals surface area (Å²) in [6.07, 6.45) is -4.52. The van der Waals surface area contributed by atoms with Gasteiger partial charge in [-0.15, -0.1) is 0 Å². The number of esters is 1. The summed E-state index contributed by atoms with van der Waals surface area (Å²) in [7, 11) is -4.45. The highest BCUT2D eigenvalue weighted by atomic mass is 35.5. The summed E-state index contributed by atoms with van der Waals surface area (Å²) in [5.74, 6) is -1.25. The third-order valence-corrected chi connectivity index (χ3v) is 6.55. The van der Waals surface area contributed by atoms with Gasteiger partial charge in [-0.1, -0.05) is 29.8 Å². The van der Waals surface area contributed by atoms with Crippen LogP contribution in [0, 0.1) is 0 Å². The van der Waals surface area contributed by atoms with Crippen LogP contribution in [0.15, 0.2) is 53.4 Å². The van der Waals surface area contributed by atoms with Gasteiger partial charge in [-0.05, 0) is 57.5 Å². The number of hydrogen-bond acceptors (Lipinski definition) is 5. The Hall–Kier alpha value is -2.79. The van der Waals surface area contributed by atoms with Crippen LogP contribution in [0.4, 0.5) is 18.9 Å². The number of alkyl halides is 3. The smallest absolute Gasteiger partial charge is 0.416 e. The van der Waals surface area contributed by atoms with E-state index in [-0.39, 0.29) is 29.3 Å². The number of ether oxygens (including phenoxy) is 1. The van der Waals surface area contributed by atoms with Crippen LogP contribution in [0.2, 0.25) is 5.02 Å². The molecule has 2 rings (SSSR count). The quantitative estimate of drug-likeness (QED) is 0.369. The standard InChI is InChI=1S/C23H26ClF3N2O5S/c1-22(2,3)34-21(31)10-7-13-28-20(30)15-29(35(32,33)17-8-5-4-6-9-17)19-14-16(23(25,26)27)11-12-18(19)24/h4-6,8-9,11-12,14H,7,10,13,15H2,1-3H3,(H,28,30). The molecule has 0 bridgehead atoms. The molecule has 0 aliphatic heterocycles. The maximum absolute atomic E-state index is 13.3. The Kier molecular flexibility index (Phi) is 9.18. The van der Waals surface area contributed by atoms with E-state index in [4.69, 9.17) is 16.3 Å². The zero-order valence-corrected chi connectivity index (χ0v) is 20.9. The second-order valence-corrected chi connectivity index (χ2v) is 10.8. The lowest BCUT2D eigenvalue weighted by molar-refractivity contribution is -0.155. The predicted octanol–water partition coefficient (Wildman–Crippen LogP) is 4.79. The first-order valence-corrected chi connectivity index (χ1v) is 12.4. The first-order valence-electron chi connectivity index (χ1n) is 10.5. The Labute approximate surface area is 207 Å². The van der Waals surface area contributed by atoms with Crippen LogP contribution < -0.4 is 9.62 Å². The van der Waals surface area contributed by atoms with Gasteiger partial charge in [-0.25, -0.2) is 8.42 Å². The van der Waals surface area contributed by atoms with Crippen LogP contribution in [0.3, 0.4) is 0 Å². The second kappa shape index (κ2) is 11.3. The zero-order chi connectivity index (χ0) is 26.4. The van der Waals surface area contributed by atoms with Crippen molar-refractivity contribution >= 4 is 39.2 Å². The molecule has 192 valence electrons. The van der Waals surface area contributed by atoms with Crippen LogP contribution in [-0.4, -0.2) is 39.0 Å². The van der Waals surface area contributed by atoms with Gasteiger partial charge < -0.3 is 10.1 Å². The van der Waals surface area contributed by atoms with Crippen LogP contribution in [-0.2, 0) is 30.5 Å². The van der Waals surface area contributed by atoms with E-state index in [2.05, 4.69) is 5.32 Å². The van der Waals surface area contributed by atoms with Gasteiger partial charge in [0.2, 0.25) is 5.91 Å². The molecule has 12 heteroatoms. The van der Waals surface area contributed by atoms with Gasteiger partial charge in [0.25, 0.3) is 10.0 Å². The molecule has 0 aliphatic carbocycles. The molecule has 1 N–H and O–H groups in total. The van der Waals surface area contributed by atoms with E-state index in [0.29, 0.717) is 10.4 Å². The average molecular weight is 535 g/mol. The molecule has 7 nitrogen and oxygen atoms in total. The number of rotatable bonds is 9. The van der Waals surface area contributed by atoms with Crippen LogP contribution in [0.1, 0.15) is 39.2 Å². The molecule has 1 amide bonds. The SMILES string of the molecule is CC(C)(C)OC(=O)CCCNC(=O)CN(c1cc(C(F)(F)F)ccc1Cl)S(=O)(=O)c1ccccc1. The number of amides is 1. The van der Waals surface area contributed by atoms with Gasteiger partial charge in [-0.2, -0.15) is 13.2 Å². The van der Waals surface area contributed by atoms with E-state index >= 15 is 0 Å². The number of nitrogens with zero attached hydrogens (tertiary/aromatic N) is 1. The molecule has 0 unspecified atom stereocenters. The molecule has 0 radical (unpaired) electrons. The molecular formula is C23H26ClF3N2O5S. The first kappa shape index (κ1) is 28.4. The van der Waals surface area contributed by atoms with E-state index in [9.17, 15) is 31.2 Å². The number of carbonyl (C=O) groups is 2. The fraction of sp³-hybridized carbons (Fsp3) is 0.391. The largest absolute Gasteiger partial charge is 0.460 e. The number of nitrogens with one attached hydrogen (secondary N) is 1. The molecule has 0 atom stereocenters. The molecule has 0 saturated carbocycles. The average Bonchev–Trinajstić information content (AvgIpc) is 2.74. The normalized spacial score (nSPS) is 12.2. The Balaban J connectivity index is 2.25. The molecular weight excluding hydrogens is 509 g/mol. The van der Waals surface area contributed by atoms with E-state index in [1.165, 1.54) is 24.3 Å². The number of hydrogen-bond donors (Lipinski definition) is 1. The Morgan fingerprint density at radius 1 is 1.06 bits per heavy atom. The highest BCUT2D eigenvalue weighted by Crippen LogP contribution is 2.37. The molecule has 2 aromatic carbocycles. The van der Waals surface area contributed by atoms with Crippen molar-refractivity contribution in [3.8, 4) is 0 Å². The summed E-state index contributed by atoms with van der Waals surface area (Å²) in [5, 5.41) is 2.19. The van der Waals surface area contributed by atoms with Gasteiger partial charge in [0.1, 0.15) is 12.1 Å². The summed E-state index contributed by atoms with van der Waals surface area (Å²) in [5.41, 5.74) is -2.27. The molecule has 0 aromatic heterocycles. The van der Waals surface area contributed by atoms with Gasteiger partial charge in [0.05, 0.1) is 21.2 Å². The molecule has 2 aromatic rings. The summed E-state index contributed by atoms with van der Waals surface area (Å²) in [6, 6.07) is 9.18. The monoisotopic (exact) mass is 534 g/mol. The molecule has 0 aliphatic rings. The van der Waals surface area contributed by atoms with Crippen molar-refractivity contribution in [2.45, 2.75) is 50.3 Å². The summed E-state index contributed by atoms with van der Waals surface area (Å²) < 4.78 is 72.1. The van der Waals surface area contributed by atoms with Gasteiger partial charge in [0, 0.05) is 13.0 Å². The molecule has 0 heterocycles. The fourth-order valence-electron chi connectivity index (χ4n) is 2.94.